The van der Waals surface area contributed by atoms with Gasteiger partial charge in [0.05, 0.1) is 13.1 Å². The highest BCUT2D eigenvalue weighted by molar-refractivity contribution is 14.0. The molecule has 4 rings (SSSR count). The molecular weight excluding hydrogens is 539 g/mol. The van der Waals surface area contributed by atoms with Gasteiger partial charge in [0.2, 0.25) is 0 Å². The Morgan fingerprint density at radius 2 is 1.79 bits per heavy atom. The summed E-state index contributed by atoms with van der Waals surface area (Å²) in [7, 11) is 2.17. The van der Waals surface area contributed by atoms with E-state index in [0.29, 0.717) is 13.1 Å². The van der Waals surface area contributed by atoms with Gasteiger partial charge in [0.25, 0.3) is 0 Å². The van der Waals surface area contributed by atoms with Gasteiger partial charge in [-0.3, -0.25) is 4.68 Å². The summed E-state index contributed by atoms with van der Waals surface area (Å²) in [6.07, 6.45) is 5.69. The van der Waals surface area contributed by atoms with Crippen molar-refractivity contribution in [3.63, 3.8) is 0 Å². The molecule has 1 fully saturated rings. The number of likely N-dealkylation sites (N-methyl/N-ethyl adjacent to an activating group) is 1. The Bertz CT molecular complexity index is 1030. The number of hydrogen-bond acceptors (Lipinski definition) is 5. The molecule has 0 unspecified atom stereocenters. The molecule has 1 aliphatic rings. The lowest BCUT2D eigenvalue weighted by Crippen LogP contribution is -2.44. The first-order valence-electron chi connectivity index (χ1n) is 11.7. The number of hydrogen-bond donors (Lipinski definition) is 2. The quantitative estimate of drug-likeness (QED) is 0.245. The van der Waals surface area contributed by atoms with Crippen LogP contribution in [0.4, 0.5) is 5.82 Å². The fraction of sp³-hybridized carbons (Fsp3) is 0.400. The minimum atomic E-state index is 0. The van der Waals surface area contributed by atoms with E-state index in [2.05, 4.69) is 74.8 Å². The van der Waals surface area contributed by atoms with Crippen LogP contribution in [0.25, 0.3) is 0 Å². The fourth-order valence-corrected chi connectivity index (χ4v) is 3.91. The Morgan fingerprint density at radius 3 is 2.53 bits per heavy atom. The smallest absolute Gasteiger partial charge is 0.191 e. The second-order valence-electron chi connectivity index (χ2n) is 8.33. The van der Waals surface area contributed by atoms with Gasteiger partial charge in [-0.1, -0.05) is 24.3 Å². The minimum Gasteiger partial charge on any atom is -0.357 e. The van der Waals surface area contributed by atoms with Gasteiger partial charge in [0.15, 0.2) is 5.96 Å². The van der Waals surface area contributed by atoms with Crippen LogP contribution in [0.3, 0.4) is 0 Å². The molecule has 0 amide bonds. The number of halogens is 1. The summed E-state index contributed by atoms with van der Waals surface area (Å²) in [5.74, 6) is 1.85. The number of nitrogens with zero attached hydrogens (tertiary/aromatic N) is 6. The van der Waals surface area contributed by atoms with E-state index in [0.717, 1.165) is 56.6 Å². The van der Waals surface area contributed by atoms with E-state index in [9.17, 15) is 0 Å². The average Bonchev–Trinajstić information content (AvgIpc) is 3.35. The van der Waals surface area contributed by atoms with Gasteiger partial charge in [-0.2, -0.15) is 5.10 Å². The van der Waals surface area contributed by atoms with Crippen molar-refractivity contribution in [1.82, 2.24) is 30.3 Å². The lowest BCUT2D eigenvalue weighted by Gasteiger charge is -2.33. The van der Waals surface area contributed by atoms with E-state index < -0.39 is 0 Å². The first kappa shape index (κ1) is 26.0. The first-order chi connectivity index (χ1) is 16.2. The molecule has 1 saturated heterocycles. The predicted octanol–water partition coefficient (Wildman–Crippen LogP) is 2.95. The zero-order valence-electron chi connectivity index (χ0n) is 20.0. The molecule has 9 heteroatoms. The van der Waals surface area contributed by atoms with Crippen LogP contribution < -0.4 is 15.5 Å². The molecule has 0 spiro atoms. The summed E-state index contributed by atoms with van der Waals surface area (Å²) in [4.78, 5) is 14.1. The molecule has 0 aliphatic carbocycles. The molecule has 2 N–H and O–H groups in total. The van der Waals surface area contributed by atoms with Gasteiger partial charge in [0, 0.05) is 57.9 Å². The SMILES string of the molecule is CCNC(=NCc1ccnc(N2CCN(C)CC2)c1)NCc1ccccc1Cn1cccn1.I. The normalized spacial score (nSPS) is 14.5. The summed E-state index contributed by atoms with van der Waals surface area (Å²) in [6.45, 7) is 9.12. The Hall–Kier alpha value is -2.66. The average molecular weight is 575 g/mol. The van der Waals surface area contributed by atoms with Gasteiger partial charge < -0.3 is 20.4 Å². The van der Waals surface area contributed by atoms with E-state index in [-0.39, 0.29) is 24.0 Å². The molecule has 0 atom stereocenters. The number of rotatable bonds is 8. The fourth-order valence-electron chi connectivity index (χ4n) is 3.91. The minimum absolute atomic E-state index is 0. The monoisotopic (exact) mass is 574 g/mol. The maximum Gasteiger partial charge on any atom is 0.191 e. The predicted molar refractivity (Wildman–Crippen MR) is 149 cm³/mol. The molecule has 3 aromatic rings. The Balaban J connectivity index is 0.00000324. The van der Waals surface area contributed by atoms with Crippen molar-refractivity contribution in [3.05, 3.63) is 77.7 Å². The zero-order valence-corrected chi connectivity index (χ0v) is 22.4. The second-order valence-corrected chi connectivity index (χ2v) is 8.33. The molecule has 0 bridgehead atoms. The topological polar surface area (TPSA) is 73.6 Å². The van der Waals surface area contributed by atoms with Gasteiger partial charge in [-0.25, -0.2) is 9.98 Å². The van der Waals surface area contributed by atoms with E-state index >= 15 is 0 Å². The van der Waals surface area contributed by atoms with Crippen LogP contribution in [0, 0.1) is 0 Å². The van der Waals surface area contributed by atoms with Crippen molar-refractivity contribution in [1.29, 1.82) is 0 Å². The molecule has 0 saturated carbocycles. The summed E-state index contributed by atoms with van der Waals surface area (Å²) in [6, 6.07) is 14.6. The van der Waals surface area contributed by atoms with Crippen molar-refractivity contribution in [2.45, 2.75) is 26.6 Å². The Kier molecular flexibility index (Phi) is 10.1. The summed E-state index contributed by atoms with van der Waals surface area (Å²) < 4.78 is 1.94. The molecule has 34 heavy (non-hydrogen) atoms. The van der Waals surface area contributed by atoms with E-state index in [1.807, 2.05) is 35.4 Å². The van der Waals surface area contributed by atoms with Crippen LogP contribution in [-0.4, -0.2) is 65.4 Å². The maximum absolute atomic E-state index is 4.82. The lowest BCUT2D eigenvalue weighted by molar-refractivity contribution is 0.312. The Labute approximate surface area is 219 Å². The molecule has 8 nitrogen and oxygen atoms in total. The molecule has 1 aromatic carbocycles. The molecular formula is C25H35IN8. The highest BCUT2D eigenvalue weighted by atomic mass is 127. The third-order valence-corrected chi connectivity index (χ3v) is 5.86. The summed E-state index contributed by atoms with van der Waals surface area (Å²) in [5, 5.41) is 11.2. The summed E-state index contributed by atoms with van der Waals surface area (Å²) >= 11 is 0. The Morgan fingerprint density at radius 1 is 1.00 bits per heavy atom. The standard InChI is InChI=1S/C25H34N8.HI/c1-3-26-25(29-19-22-7-4-5-8-23(22)20-33-12-6-10-30-33)28-18-21-9-11-27-24(17-21)32-15-13-31(2)14-16-32;/h4-12,17H,3,13-16,18-20H2,1-2H3,(H2,26,28,29);1H. The molecule has 3 heterocycles. The van der Waals surface area contributed by atoms with Gasteiger partial charge in [-0.05, 0) is 48.9 Å². The van der Waals surface area contributed by atoms with Crippen LogP contribution in [0.2, 0.25) is 0 Å². The zero-order chi connectivity index (χ0) is 22.9. The van der Waals surface area contributed by atoms with Crippen LogP contribution in [-0.2, 0) is 19.6 Å². The number of benzene rings is 1. The molecule has 0 radical (unpaired) electrons. The van der Waals surface area contributed by atoms with Crippen molar-refractivity contribution in [3.8, 4) is 0 Å². The number of aliphatic imine (C=N–C) groups is 1. The van der Waals surface area contributed by atoms with E-state index in [4.69, 9.17) is 4.99 Å². The van der Waals surface area contributed by atoms with Crippen molar-refractivity contribution < 1.29 is 0 Å². The molecule has 2 aromatic heterocycles. The van der Waals surface area contributed by atoms with Crippen LogP contribution in [0.5, 0.6) is 0 Å². The van der Waals surface area contributed by atoms with Gasteiger partial charge in [-0.15, -0.1) is 24.0 Å². The van der Waals surface area contributed by atoms with Crippen LogP contribution in [0.1, 0.15) is 23.6 Å². The van der Waals surface area contributed by atoms with E-state index in [1.165, 1.54) is 11.1 Å². The van der Waals surface area contributed by atoms with Crippen LogP contribution in [0.15, 0.2) is 66.0 Å². The number of guanidine groups is 1. The first-order valence-corrected chi connectivity index (χ1v) is 11.7. The number of anilines is 1. The molecule has 182 valence electrons. The highest BCUT2D eigenvalue weighted by Crippen LogP contribution is 2.15. The van der Waals surface area contributed by atoms with E-state index in [1.54, 1.807) is 0 Å². The second kappa shape index (κ2) is 13.3. The number of aromatic nitrogens is 3. The largest absolute Gasteiger partial charge is 0.357 e. The maximum atomic E-state index is 4.82. The van der Waals surface area contributed by atoms with Crippen molar-refractivity contribution >= 4 is 35.8 Å². The number of pyridine rings is 1. The number of nitrogens with one attached hydrogen (secondary N) is 2. The third kappa shape index (κ3) is 7.42. The third-order valence-electron chi connectivity index (χ3n) is 5.86. The molecule has 1 aliphatic heterocycles. The van der Waals surface area contributed by atoms with Gasteiger partial charge >= 0.3 is 0 Å². The highest BCUT2D eigenvalue weighted by Gasteiger charge is 2.15. The van der Waals surface area contributed by atoms with Gasteiger partial charge in [0.1, 0.15) is 5.82 Å². The van der Waals surface area contributed by atoms with Crippen molar-refractivity contribution in [2.75, 3.05) is 44.7 Å². The van der Waals surface area contributed by atoms with Crippen LogP contribution >= 0.6 is 24.0 Å². The lowest BCUT2D eigenvalue weighted by atomic mass is 10.1. The van der Waals surface area contributed by atoms with Crippen molar-refractivity contribution in [2.24, 2.45) is 4.99 Å². The summed E-state index contributed by atoms with van der Waals surface area (Å²) in [5.41, 5.74) is 3.64. The number of piperazine rings is 1.